The quantitative estimate of drug-likeness (QED) is 0.492. The summed E-state index contributed by atoms with van der Waals surface area (Å²) in [5.41, 5.74) is 6.42. The fourth-order valence-corrected chi connectivity index (χ4v) is 2.06. The van der Waals surface area contributed by atoms with Crippen molar-refractivity contribution in [1.29, 1.82) is 0 Å². The maximum absolute atomic E-state index is 11.0. The lowest BCUT2D eigenvalue weighted by molar-refractivity contribution is 0.386. The summed E-state index contributed by atoms with van der Waals surface area (Å²) in [7, 11) is -4.28. The molecule has 0 aromatic carbocycles. The molecule has 1 atom stereocenters. The van der Waals surface area contributed by atoms with Crippen LogP contribution in [-0.2, 0) is 4.57 Å². The largest absolute Gasteiger partial charge is 0.374 e. The van der Waals surface area contributed by atoms with Gasteiger partial charge in [-0.05, 0) is 12.5 Å². The highest BCUT2D eigenvalue weighted by Crippen LogP contribution is 2.34. The molecule has 2 heterocycles. The van der Waals surface area contributed by atoms with Crippen molar-refractivity contribution in [3.63, 3.8) is 0 Å². The van der Waals surface area contributed by atoms with Crippen molar-refractivity contribution >= 4 is 18.8 Å². The van der Waals surface area contributed by atoms with Gasteiger partial charge in [0.25, 0.3) is 0 Å². The molecule has 1 aromatic heterocycles. The molecule has 1 unspecified atom stereocenters. The van der Waals surface area contributed by atoms with Gasteiger partial charge in [-0.25, -0.2) is 4.98 Å². The van der Waals surface area contributed by atoms with Crippen LogP contribution < -0.4 is 16.5 Å². The summed E-state index contributed by atoms with van der Waals surface area (Å²) in [6.07, 6.45) is 0.796. The minimum absolute atomic E-state index is 0.112. The first-order chi connectivity index (χ1) is 6.98. The Labute approximate surface area is 86.7 Å². The third-order valence-electron chi connectivity index (χ3n) is 2.36. The summed E-state index contributed by atoms with van der Waals surface area (Å²) in [6.45, 7) is 0.672. The van der Waals surface area contributed by atoms with Gasteiger partial charge in [0.15, 0.2) is 5.44 Å². The summed E-state index contributed by atoms with van der Waals surface area (Å²) in [6, 6.07) is 2.83. The topological polar surface area (TPSA) is 108 Å². The van der Waals surface area contributed by atoms with Crippen molar-refractivity contribution in [3.05, 3.63) is 17.7 Å². The van der Waals surface area contributed by atoms with E-state index in [0.29, 0.717) is 12.4 Å². The molecule has 0 radical (unpaired) electrons. The van der Waals surface area contributed by atoms with Gasteiger partial charge >= 0.3 is 7.60 Å². The number of nitrogens with two attached hydrogens (primary N) is 1. The van der Waals surface area contributed by atoms with Crippen molar-refractivity contribution in [3.8, 4) is 0 Å². The number of rotatable bonds is 1. The van der Waals surface area contributed by atoms with Gasteiger partial charge in [-0.3, -0.25) is 4.57 Å². The Kier molecular flexibility index (Phi) is 2.52. The smallest absolute Gasteiger partial charge is 0.370 e. The Morgan fingerprint density at radius 3 is 2.93 bits per heavy atom. The van der Waals surface area contributed by atoms with Gasteiger partial charge < -0.3 is 20.8 Å². The van der Waals surface area contributed by atoms with Crippen LogP contribution in [0, 0.1) is 0 Å². The van der Waals surface area contributed by atoms with Crippen LogP contribution in [0.5, 0.6) is 0 Å². The van der Waals surface area contributed by atoms with Crippen LogP contribution >= 0.6 is 7.60 Å². The molecule has 2 rings (SSSR count). The molecule has 15 heavy (non-hydrogen) atoms. The minimum atomic E-state index is -4.28. The standard InChI is InChI=1S/C8H12N3O3P/c9-6-3-4-10-8-5(6)1-2-7(11-8)15(12,13)14/h1-2,6H,3-4,9H2,(H,10,11)(H2,12,13,14). The molecule has 0 amide bonds. The summed E-state index contributed by atoms with van der Waals surface area (Å²) >= 11 is 0. The van der Waals surface area contributed by atoms with Crippen LogP contribution in [0.1, 0.15) is 18.0 Å². The number of anilines is 1. The Bertz CT molecular complexity index is 431. The molecule has 1 aliphatic rings. The van der Waals surface area contributed by atoms with Crippen LogP contribution in [0.4, 0.5) is 5.82 Å². The first-order valence-corrected chi connectivity index (χ1v) is 6.16. The molecule has 0 saturated carbocycles. The fourth-order valence-electron chi connectivity index (χ4n) is 1.56. The van der Waals surface area contributed by atoms with Crippen molar-refractivity contribution in [1.82, 2.24) is 4.98 Å². The third kappa shape index (κ3) is 2.03. The lowest BCUT2D eigenvalue weighted by Crippen LogP contribution is -2.25. The Morgan fingerprint density at radius 1 is 1.53 bits per heavy atom. The molecule has 6 nitrogen and oxygen atoms in total. The van der Waals surface area contributed by atoms with E-state index in [1.54, 1.807) is 6.07 Å². The molecular weight excluding hydrogens is 217 g/mol. The highest BCUT2D eigenvalue weighted by molar-refractivity contribution is 7.60. The number of pyridine rings is 1. The van der Waals surface area contributed by atoms with E-state index >= 15 is 0 Å². The maximum atomic E-state index is 11.0. The number of nitrogens with zero attached hydrogens (tertiary/aromatic N) is 1. The van der Waals surface area contributed by atoms with E-state index in [2.05, 4.69) is 10.3 Å². The van der Waals surface area contributed by atoms with Crippen molar-refractivity contribution in [2.45, 2.75) is 12.5 Å². The molecule has 1 aliphatic heterocycles. The summed E-state index contributed by atoms with van der Waals surface area (Å²) < 4.78 is 11.0. The van der Waals surface area contributed by atoms with Crippen LogP contribution in [0.15, 0.2) is 12.1 Å². The van der Waals surface area contributed by atoms with Crippen molar-refractivity contribution in [2.75, 3.05) is 11.9 Å². The Morgan fingerprint density at radius 2 is 2.27 bits per heavy atom. The highest BCUT2D eigenvalue weighted by atomic mass is 31.2. The second-order valence-electron chi connectivity index (χ2n) is 3.47. The predicted molar refractivity (Wildman–Crippen MR) is 56.0 cm³/mol. The minimum Gasteiger partial charge on any atom is -0.370 e. The van der Waals surface area contributed by atoms with Crippen molar-refractivity contribution in [2.24, 2.45) is 5.73 Å². The second kappa shape index (κ2) is 3.57. The van der Waals surface area contributed by atoms with E-state index in [-0.39, 0.29) is 11.5 Å². The number of aromatic nitrogens is 1. The molecule has 7 heteroatoms. The van der Waals surface area contributed by atoms with E-state index < -0.39 is 7.60 Å². The number of hydrogen-bond donors (Lipinski definition) is 4. The summed E-state index contributed by atoms with van der Waals surface area (Å²) in [5, 5.41) is 2.97. The normalized spacial score (nSPS) is 20.6. The maximum Gasteiger partial charge on any atom is 0.374 e. The summed E-state index contributed by atoms with van der Waals surface area (Å²) in [4.78, 5) is 21.8. The number of hydrogen-bond acceptors (Lipinski definition) is 4. The molecular formula is C8H12N3O3P. The molecule has 0 bridgehead atoms. The summed E-state index contributed by atoms with van der Waals surface area (Å²) in [5.74, 6) is 0.481. The Balaban J connectivity index is 2.46. The van der Waals surface area contributed by atoms with Crippen LogP contribution in [0.3, 0.4) is 0 Å². The first kappa shape index (κ1) is 10.6. The monoisotopic (exact) mass is 229 g/mol. The van der Waals surface area contributed by atoms with E-state index in [0.717, 1.165) is 12.0 Å². The zero-order valence-electron chi connectivity index (χ0n) is 7.92. The number of fused-ring (bicyclic) bond motifs is 1. The van der Waals surface area contributed by atoms with E-state index in [9.17, 15) is 4.57 Å². The van der Waals surface area contributed by atoms with Gasteiger partial charge in [-0.1, -0.05) is 6.07 Å². The van der Waals surface area contributed by atoms with Gasteiger partial charge in [0.05, 0.1) is 0 Å². The van der Waals surface area contributed by atoms with Gasteiger partial charge in [0, 0.05) is 18.2 Å². The zero-order valence-corrected chi connectivity index (χ0v) is 8.82. The van der Waals surface area contributed by atoms with E-state index in [1.807, 2.05) is 0 Å². The predicted octanol–water partition coefficient (Wildman–Crippen LogP) is -0.300. The zero-order chi connectivity index (χ0) is 11.1. The molecule has 82 valence electrons. The highest BCUT2D eigenvalue weighted by Gasteiger charge is 2.23. The first-order valence-electron chi connectivity index (χ1n) is 4.55. The number of nitrogens with one attached hydrogen (secondary N) is 1. The average molecular weight is 229 g/mol. The average Bonchev–Trinajstić information content (AvgIpc) is 2.16. The van der Waals surface area contributed by atoms with Gasteiger partial charge in [0.1, 0.15) is 5.82 Å². The van der Waals surface area contributed by atoms with E-state index in [1.165, 1.54) is 6.07 Å². The molecule has 0 fully saturated rings. The van der Waals surface area contributed by atoms with E-state index in [4.69, 9.17) is 15.5 Å². The second-order valence-corrected chi connectivity index (χ2v) is 5.02. The molecule has 0 aliphatic carbocycles. The fraction of sp³-hybridized carbons (Fsp3) is 0.375. The Hall–Kier alpha value is -0.940. The van der Waals surface area contributed by atoms with Gasteiger partial charge in [-0.2, -0.15) is 0 Å². The SMILES string of the molecule is NC1CCNc2nc(P(=O)(O)O)ccc21. The lowest BCUT2D eigenvalue weighted by Gasteiger charge is -2.23. The molecule has 0 saturated heterocycles. The molecule has 1 aromatic rings. The van der Waals surface area contributed by atoms with Gasteiger partial charge in [-0.15, -0.1) is 0 Å². The van der Waals surface area contributed by atoms with Crippen molar-refractivity contribution < 1.29 is 14.4 Å². The van der Waals surface area contributed by atoms with Gasteiger partial charge in [0.2, 0.25) is 0 Å². The molecule has 0 spiro atoms. The third-order valence-corrected chi connectivity index (χ3v) is 3.20. The van der Waals surface area contributed by atoms with Crippen LogP contribution in [0.2, 0.25) is 0 Å². The van der Waals surface area contributed by atoms with Crippen LogP contribution in [-0.4, -0.2) is 21.3 Å². The lowest BCUT2D eigenvalue weighted by atomic mass is 10.0. The van der Waals surface area contributed by atoms with Crippen LogP contribution in [0.25, 0.3) is 0 Å². The molecule has 5 N–H and O–H groups in total.